The minimum absolute atomic E-state index is 0.230. The van der Waals surface area contributed by atoms with Crippen molar-refractivity contribution in [3.05, 3.63) is 71.8 Å². The Morgan fingerprint density at radius 3 is 1.43 bits per heavy atom. The molecule has 0 amide bonds. The molecule has 0 saturated heterocycles. The summed E-state index contributed by atoms with van der Waals surface area (Å²) in [5.41, 5.74) is 4.80. The van der Waals surface area contributed by atoms with E-state index in [1.165, 1.54) is 25.0 Å². The van der Waals surface area contributed by atoms with Gasteiger partial charge in [0, 0.05) is 97.9 Å². The molecule has 228 valence electrons. The topological polar surface area (TPSA) is 59.1 Å². The van der Waals surface area contributed by atoms with Gasteiger partial charge in [-0.3, -0.25) is 9.59 Å². The van der Waals surface area contributed by atoms with Crippen LogP contribution in [0.2, 0.25) is 0 Å². The largest absolute Gasteiger partial charge is 0.426 e. The Bertz CT molecular complexity index is 1640. The number of esters is 2. The van der Waals surface area contributed by atoms with Crippen molar-refractivity contribution in [1.29, 1.82) is 0 Å². The second-order valence-corrected chi connectivity index (χ2v) is 13.2. The van der Waals surface area contributed by atoms with E-state index < -0.39 is 0 Å². The average molecular weight is 632 g/mol. The number of hydrogen-bond acceptors (Lipinski definition) is 6. The number of ether oxygens (including phenoxy) is 2. The van der Waals surface area contributed by atoms with Gasteiger partial charge in [-0.2, -0.15) is 0 Å². The number of carbonyl (C=O) groups excluding carboxylic acids is 2. The first-order valence-corrected chi connectivity index (χ1v) is 16.5. The van der Waals surface area contributed by atoms with Crippen molar-refractivity contribution in [3.8, 4) is 11.5 Å². The molecule has 6 nitrogen and oxygen atoms in total. The summed E-state index contributed by atoms with van der Waals surface area (Å²) < 4.78 is 11.3. The summed E-state index contributed by atoms with van der Waals surface area (Å²) in [5, 5.41) is 4.13. The molecule has 0 unspecified atom stereocenters. The minimum Gasteiger partial charge on any atom is -0.426 e. The van der Waals surface area contributed by atoms with Gasteiger partial charge in [-0.1, -0.05) is 48.5 Å². The highest BCUT2D eigenvalue weighted by Gasteiger charge is 2.39. The molecule has 4 aromatic rings. The first-order chi connectivity index (χ1) is 21.3. The normalized spacial score (nSPS) is 22.2. The molecule has 2 aliphatic heterocycles. The monoisotopic (exact) mass is 630 g/mol. The van der Waals surface area contributed by atoms with Gasteiger partial charge < -0.3 is 19.3 Å². The molecular formula is C36H36Cl2N2O4. The summed E-state index contributed by atoms with van der Waals surface area (Å²) in [5.74, 6) is 3.30. The fourth-order valence-electron chi connectivity index (χ4n) is 7.87. The number of benzene rings is 4. The molecule has 3 aliphatic rings. The molecule has 2 atom stereocenters. The van der Waals surface area contributed by atoms with Crippen molar-refractivity contribution in [2.45, 2.75) is 38.5 Å². The fourth-order valence-corrected chi connectivity index (χ4v) is 8.37. The minimum atomic E-state index is -0.316. The van der Waals surface area contributed by atoms with Crippen LogP contribution in [0.25, 0.3) is 21.5 Å². The highest BCUT2D eigenvalue weighted by Crippen LogP contribution is 2.49. The lowest BCUT2D eigenvalue weighted by Crippen LogP contribution is -2.41. The number of anilines is 2. The smallest absolute Gasteiger partial charge is 0.308 e. The van der Waals surface area contributed by atoms with E-state index in [1.54, 1.807) is 0 Å². The Labute approximate surface area is 267 Å². The molecule has 1 fully saturated rings. The van der Waals surface area contributed by atoms with E-state index in [9.17, 15) is 9.59 Å². The lowest BCUT2D eigenvalue weighted by Gasteiger charge is -2.41. The van der Waals surface area contributed by atoms with Crippen molar-refractivity contribution in [2.75, 3.05) is 47.7 Å². The van der Waals surface area contributed by atoms with E-state index >= 15 is 0 Å². The summed E-state index contributed by atoms with van der Waals surface area (Å²) in [7, 11) is 0. The van der Waals surface area contributed by atoms with Crippen LogP contribution < -0.4 is 19.3 Å². The summed E-state index contributed by atoms with van der Waals surface area (Å²) in [6.45, 7) is 6.55. The standard InChI is InChI=1S/C36H36Cl2N2O4/c1-21(41)43-33-13-31-35(29-9-5-3-7-27(29)33)25(15-37)19-39(31)17-23-11-24(12-23)18-40-20-26(16-38)36-30-10-6-4-8-28(30)34(14-32(36)40)44-22(2)42/h3-10,13-14,23-26H,11-12,15-20H2,1-2H3/t23-,24+,25-,26-/m1/s1. The molecular weight excluding hydrogens is 595 g/mol. The maximum Gasteiger partial charge on any atom is 0.308 e. The summed E-state index contributed by atoms with van der Waals surface area (Å²) in [6.07, 6.45) is 2.28. The molecule has 0 bridgehead atoms. The van der Waals surface area contributed by atoms with Crippen LogP contribution >= 0.6 is 23.2 Å². The van der Waals surface area contributed by atoms with Crippen molar-refractivity contribution in [2.24, 2.45) is 11.8 Å². The number of rotatable bonds is 8. The fraction of sp³-hybridized carbons (Fsp3) is 0.389. The molecule has 44 heavy (non-hydrogen) atoms. The second-order valence-electron chi connectivity index (χ2n) is 12.6. The zero-order valence-electron chi connectivity index (χ0n) is 25.0. The van der Waals surface area contributed by atoms with E-state index in [1.807, 2.05) is 48.5 Å². The van der Waals surface area contributed by atoms with Crippen LogP contribution in [-0.4, -0.2) is 49.9 Å². The summed E-state index contributed by atoms with van der Waals surface area (Å²) in [4.78, 5) is 28.8. The van der Waals surface area contributed by atoms with Crippen LogP contribution in [0.5, 0.6) is 11.5 Å². The van der Waals surface area contributed by atoms with Crippen LogP contribution in [0.15, 0.2) is 60.7 Å². The van der Waals surface area contributed by atoms with Gasteiger partial charge in [-0.15, -0.1) is 23.2 Å². The van der Waals surface area contributed by atoms with Crippen LogP contribution in [-0.2, 0) is 9.59 Å². The van der Waals surface area contributed by atoms with Gasteiger partial charge in [-0.25, -0.2) is 0 Å². The molecule has 7 rings (SSSR count). The van der Waals surface area contributed by atoms with E-state index in [4.69, 9.17) is 32.7 Å². The second kappa shape index (κ2) is 11.8. The third-order valence-corrected chi connectivity index (χ3v) is 10.3. The molecule has 0 aromatic heterocycles. The Morgan fingerprint density at radius 1 is 0.682 bits per heavy atom. The molecule has 2 heterocycles. The summed E-state index contributed by atoms with van der Waals surface area (Å²) >= 11 is 13.0. The van der Waals surface area contributed by atoms with Gasteiger partial charge in [0.25, 0.3) is 0 Å². The lowest BCUT2D eigenvalue weighted by molar-refractivity contribution is -0.132. The molecule has 0 spiro atoms. The van der Waals surface area contributed by atoms with Gasteiger partial charge in [0.1, 0.15) is 11.5 Å². The molecule has 8 heteroatoms. The average Bonchev–Trinajstić information content (AvgIpc) is 3.53. The van der Waals surface area contributed by atoms with Crippen LogP contribution in [0.3, 0.4) is 0 Å². The Morgan fingerprint density at radius 2 is 1.07 bits per heavy atom. The first kappa shape index (κ1) is 29.2. The molecule has 4 aromatic carbocycles. The third-order valence-electron chi connectivity index (χ3n) is 9.60. The Kier molecular flexibility index (Phi) is 7.84. The van der Waals surface area contributed by atoms with Gasteiger partial charge in [0.05, 0.1) is 0 Å². The van der Waals surface area contributed by atoms with Gasteiger partial charge in [0.15, 0.2) is 0 Å². The van der Waals surface area contributed by atoms with E-state index in [-0.39, 0.29) is 23.8 Å². The number of carbonyl (C=O) groups is 2. The number of hydrogen-bond donors (Lipinski definition) is 0. The molecule has 0 N–H and O–H groups in total. The number of alkyl halides is 2. The van der Waals surface area contributed by atoms with Crippen LogP contribution in [0.1, 0.15) is 49.7 Å². The van der Waals surface area contributed by atoms with Crippen molar-refractivity contribution in [1.82, 2.24) is 0 Å². The van der Waals surface area contributed by atoms with Gasteiger partial charge in [-0.05, 0) is 46.6 Å². The number of fused-ring (bicyclic) bond motifs is 6. The highest BCUT2D eigenvalue weighted by atomic mass is 35.5. The van der Waals surface area contributed by atoms with Crippen LogP contribution in [0, 0.1) is 11.8 Å². The third kappa shape index (κ3) is 5.16. The quantitative estimate of drug-likeness (QED) is 0.112. The Balaban J connectivity index is 1.09. The molecule has 1 aliphatic carbocycles. The molecule has 1 saturated carbocycles. The maximum absolute atomic E-state index is 11.9. The summed E-state index contributed by atoms with van der Waals surface area (Å²) in [6, 6.07) is 20.4. The Hall–Kier alpha value is -3.48. The van der Waals surface area contributed by atoms with E-state index in [2.05, 4.69) is 21.9 Å². The van der Waals surface area contributed by atoms with Crippen molar-refractivity contribution >= 4 is 68.1 Å². The van der Waals surface area contributed by atoms with Gasteiger partial charge >= 0.3 is 11.9 Å². The van der Waals surface area contributed by atoms with Gasteiger partial charge in [0.2, 0.25) is 0 Å². The SMILES string of the molecule is CC(=O)Oc1cc2c(c3ccccc13)[C@H](CCl)CN2C[C@H]1C[C@@H](CN2C[C@@H](CCl)c3c2cc(OC(C)=O)c2ccccc32)C1. The van der Waals surface area contributed by atoms with E-state index in [0.717, 1.165) is 71.9 Å². The van der Waals surface area contributed by atoms with Crippen LogP contribution in [0.4, 0.5) is 11.4 Å². The number of nitrogens with zero attached hydrogens (tertiary/aromatic N) is 2. The first-order valence-electron chi connectivity index (χ1n) is 15.4. The predicted octanol–water partition coefficient (Wildman–Crippen LogP) is 7.85. The predicted molar refractivity (Wildman–Crippen MR) is 178 cm³/mol. The van der Waals surface area contributed by atoms with Crippen molar-refractivity contribution < 1.29 is 19.1 Å². The maximum atomic E-state index is 11.9. The zero-order chi connectivity index (χ0) is 30.5. The number of halogens is 2. The molecule has 0 radical (unpaired) electrons. The highest BCUT2D eigenvalue weighted by molar-refractivity contribution is 6.19. The van der Waals surface area contributed by atoms with Crippen molar-refractivity contribution in [3.63, 3.8) is 0 Å². The van der Waals surface area contributed by atoms with E-state index in [0.29, 0.717) is 35.1 Å². The zero-order valence-corrected chi connectivity index (χ0v) is 26.5. The lowest BCUT2D eigenvalue weighted by atomic mass is 9.74.